The summed E-state index contributed by atoms with van der Waals surface area (Å²) >= 11 is 7.76. The third-order valence-corrected chi connectivity index (χ3v) is 2.55. The first-order chi connectivity index (χ1) is 6.57. The fourth-order valence-corrected chi connectivity index (χ4v) is 1.58. The number of rotatable bonds is 6. The Morgan fingerprint density at radius 1 is 1.36 bits per heavy atom. The molecule has 14 heavy (non-hydrogen) atoms. The summed E-state index contributed by atoms with van der Waals surface area (Å²) in [6.07, 6.45) is 5.34. The van der Waals surface area contributed by atoms with Crippen molar-refractivity contribution in [2.24, 2.45) is 0 Å². The average Bonchev–Trinajstić information content (AvgIpc) is 2.09. The van der Waals surface area contributed by atoms with Gasteiger partial charge >= 0.3 is 5.97 Å². The molecule has 0 aliphatic rings. The van der Waals surface area contributed by atoms with E-state index in [-0.39, 0.29) is 5.97 Å². The molecule has 0 radical (unpaired) electrons. The van der Waals surface area contributed by atoms with Gasteiger partial charge < -0.3 is 4.74 Å². The highest BCUT2D eigenvalue weighted by molar-refractivity contribution is 14.1. The fraction of sp³-hybridized carbons (Fsp3) is 0.700. The molecule has 0 aromatic carbocycles. The summed E-state index contributed by atoms with van der Waals surface area (Å²) in [6.45, 7) is 3.55. The van der Waals surface area contributed by atoms with E-state index in [0.717, 1.165) is 19.3 Å². The van der Waals surface area contributed by atoms with E-state index in [1.165, 1.54) is 19.8 Å². The van der Waals surface area contributed by atoms with Crippen LogP contribution in [0.3, 0.4) is 0 Å². The number of ether oxygens (including phenoxy) is 1. The van der Waals surface area contributed by atoms with E-state index < -0.39 is 0 Å². The third kappa shape index (κ3) is 7.62. The molecule has 0 aromatic rings. The van der Waals surface area contributed by atoms with E-state index >= 15 is 0 Å². The van der Waals surface area contributed by atoms with Crippen molar-refractivity contribution in [1.29, 1.82) is 0 Å². The van der Waals surface area contributed by atoms with E-state index in [4.69, 9.17) is 16.3 Å². The molecule has 0 spiro atoms. The van der Waals surface area contributed by atoms with Gasteiger partial charge in [-0.15, -0.1) is 0 Å². The largest absolute Gasteiger partial charge is 0.429 e. The first-order valence-corrected chi connectivity index (χ1v) is 6.26. The highest BCUT2D eigenvalue weighted by Gasteiger charge is 2.06. The van der Waals surface area contributed by atoms with Crippen molar-refractivity contribution in [3.05, 3.63) is 8.80 Å². The molecule has 0 rings (SSSR count). The van der Waals surface area contributed by atoms with E-state index in [2.05, 4.69) is 6.92 Å². The van der Waals surface area contributed by atoms with Crippen LogP contribution in [0.25, 0.3) is 0 Å². The highest BCUT2D eigenvalue weighted by atomic mass is 127. The number of carbonyl (C=O) groups excluding carboxylic acids is 1. The minimum Gasteiger partial charge on any atom is -0.429 e. The second-order valence-corrected chi connectivity index (χ2v) is 5.18. The van der Waals surface area contributed by atoms with Gasteiger partial charge in [0, 0.05) is 13.3 Å². The Balaban J connectivity index is 3.88. The number of halogens is 2. The molecule has 0 N–H and O–H groups in total. The predicted octanol–water partition coefficient (Wildman–Crippen LogP) is 4.36. The first-order valence-electron chi connectivity index (χ1n) is 4.80. The lowest BCUT2D eigenvalue weighted by atomic mass is 10.1. The van der Waals surface area contributed by atoms with Gasteiger partial charge in [-0.2, -0.15) is 0 Å². The summed E-state index contributed by atoms with van der Waals surface area (Å²) in [5.74, 6) is 0.307. The van der Waals surface area contributed by atoms with Crippen molar-refractivity contribution in [2.75, 3.05) is 0 Å². The maximum Gasteiger partial charge on any atom is 0.307 e. The van der Waals surface area contributed by atoms with Crippen LogP contribution in [0.2, 0.25) is 0 Å². The zero-order chi connectivity index (χ0) is 11.0. The molecule has 0 amide bonds. The summed E-state index contributed by atoms with van der Waals surface area (Å²) in [6, 6.07) is 0. The molecule has 0 saturated heterocycles. The highest BCUT2D eigenvalue weighted by Crippen LogP contribution is 2.23. The summed E-state index contributed by atoms with van der Waals surface area (Å²) in [5, 5.41) is 0. The summed E-state index contributed by atoms with van der Waals surface area (Å²) < 4.78 is 5.54. The van der Waals surface area contributed by atoms with Crippen LogP contribution in [-0.2, 0) is 9.53 Å². The Labute approximate surface area is 104 Å². The van der Waals surface area contributed by atoms with Crippen LogP contribution in [0, 0.1) is 0 Å². The summed E-state index contributed by atoms with van der Waals surface area (Å²) in [5.41, 5.74) is 0. The van der Waals surface area contributed by atoms with E-state index in [9.17, 15) is 4.79 Å². The van der Waals surface area contributed by atoms with E-state index in [1.807, 2.05) is 22.6 Å². The first kappa shape index (κ1) is 14.2. The monoisotopic (exact) mass is 330 g/mol. The van der Waals surface area contributed by atoms with Crippen LogP contribution in [0.15, 0.2) is 8.80 Å². The SMILES string of the molecule is CCCCCC/C(OC(C)=O)=C(/Cl)I. The molecule has 0 saturated carbocycles. The van der Waals surface area contributed by atoms with Crippen molar-refractivity contribution in [1.82, 2.24) is 0 Å². The molecule has 2 nitrogen and oxygen atoms in total. The van der Waals surface area contributed by atoms with Gasteiger partial charge in [0.05, 0.1) is 0 Å². The molecule has 0 aliphatic carbocycles. The molecule has 0 aliphatic heterocycles. The minimum absolute atomic E-state index is 0.301. The Hall–Kier alpha value is 0.230. The average molecular weight is 331 g/mol. The van der Waals surface area contributed by atoms with Gasteiger partial charge in [0.25, 0.3) is 0 Å². The number of esters is 1. The van der Waals surface area contributed by atoms with Gasteiger partial charge in [0.1, 0.15) is 8.80 Å². The summed E-state index contributed by atoms with van der Waals surface area (Å²) in [4.78, 5) is 10.7. The maximum atomic E-state index is 10.7. The smallest absolute Gasteiger partial charge is 0.307 e. The molecule has 0 atom stereocenters. The normalized spacial score (nSPS) is 12.3. The van der Waals surface area contributed by atoms with E-state index in [1.54, 1.807) is 0 Å². The molecular weight excluding hydrogens is 314 g/mol. The van der Waals surface area contributed by atoms with Crippen molar-refractivity contribution in [3.8, 4) is 0 Å². The van der Waals surface area contributed by atoms with Gasteiger partial charge in [-0.1, -0.05) is 37.8 Å². The van der Waals surface area contributed by atoms with Crippen LogP contribution in [0.4, 0.5) is 0 Å². The van der Waals surface area contributed by atoms with Gasteiger partial charge in [0.2, 0.25) is 0 Å². The standard InChI is InChI=1S/C10H16ClIO2/c1-3-4-5-6-7-9(10(11)12)14-8(2)13/h3-7H2,1-2H3/b10-9+. The van der Waals surface area contributed by atoms with Gasteiger partial charge in [-0.25, -0.2) is 0 Å². The zero-order valence-corrected chi connectivity index (χ0v) is 11.5. The Kier molecular flexibility index (Phi) is 8.67. The number of hydrogen-bond donors (Lipinski definition) is 0. The maximum absolute atomic E-state index is 10.7. The molecule has 0 unspecified atom stereocenters. The molecule has 0 bridgehead atoms. The van der Waals surface area contributed by atoms with Crippen molar-refractivity contribution in [3.63, 3.8) is 0 Å². The van der Waals surface area contributed by atoms with Crippen molar-refractivity contribution in [2.45, 2.75) is 46.0 Å². The number of carbonyl (C=O) groups is 1. The van der Waals surface area contributed by atoms with Crippen LogP contribution in [0.1, 0.15) is 46.0 Å². The molecule has 82 valence electrons. The Bertz CT molecular complexity index is 210. The molecular formula is C10H16ClIO2. The molecule has 0 heterocycles. The lowest BCUT2D eigenvalue weighted by Gasteiger charge is -2.06. The van der Waals surface area contributed by atoms with Crippen molar-refractivity contribution >= 4 is 40.2 Å². The molecule has 0 fully saturated rings. The second-order valence-electron chi connectivity index (χ2n) is 3.09. The predicted molar refractivity (Wildman–Crippen MR) is 67.4 cm³/mol. The Morgan fingerprint density at radius 3 is 2.43 bits per heavy atom. The quantitative estimate of drug-likeness (QED) is 0.313. The second kappa shape index (κ2) is 8.53. The third-order valence-electron chi connectivity index (χ3n) is 1.74. The molecule has 0 aromatic heterocycles. The fourth-order valence-electron chi connectivity index (χ4n) is 1.07. The zero-order valence-electron chi connectivity index (χ0n) is 8.61. The van der Waals surface area contributed by atoms with Gasteiger partial charge in [0.15, 0.2) is 0 Å². The van der Waals surface area contributed by atoms with Crippen LogP contribution >= 0.6 is 34.2 Å². The van der Waals surface area contributed by atoms with Gasteiger partial charge in [-0.05, 0) is 29.0 Å². The lowest BCUT2D eigenvalue weighted by molar-refractivity contribution is -0.137. The molecule has 4 heteroatoms. The summed E-state index contributed by atoms with van der Waals surface area (Å²) in [7, 11) is 0. The minimum atomic E-state index is -0.301. The van der Waals surface area contributed by atoms with Crippen LogP contribution < -0.4 is 0 Å². The Morgan fingerprint density at radius 2 is 2.00 bits per heavy atom. The number of hydrogen-bond acceptors (Lipinski definition) is 2. The van der Waals surface area contributed by atoms with Gasteiger partial charge in [-0.3, -0.25) is 4.79 Å². The van der Waals surface area contributed by atoms with Crippen molar-refractivity contribution < 1.29 is 9.53 Å². The number of unbranched alkanes of at least 4 members (excludes halogenated alkanes) is 3. The number of allylic oxidation sites excluding steroid dienone is 1. The lowest BCUT2D eigenvalue weighted by Crippen LogP contribution is -1.99. The van der Waals surface area contributed by atoms with Crippen LogP contribution in [-0.4, -0.2) is 5.97 Å². The topological polar surface area (TPSA) is 26.3 Å². The van der Waals surface area contributed by atoms with Crippen LogP contribution in [0.5, 0.6) is 0 Å². The van der Waals surface area contributed by atoms with E-state index in [0.29, 0.717) is 8.80 Å².